The van der Waals surface area contributed by atoms with Crippen LogP contribution in [0.15, 0.2) is 47.6 Å². The fraction of sp³-hybridized carbons (Fsp3) is 0. The third-order valence-electron chi connectivity index (χ3n) is 1.85. The van der Waals surface area contributed by atoms with Gasteiger partial charge in [0.1, 0.15) is 11.6 Å². The Bertz CT molecular complexity index is 550. The molecule has 6 heteroatoms. The maximum atomic E-state index is 12.8. The average Bonchev–Trinajstić information content (AvgIpc) is 2.30. The number of hydrogen-bond donors (Lipinski definition) is 0. The zero-order valence-corrected chi connectivity index (χ0v) is 10.0. The summed E-state index contributed by atoms with van der Waals surface area (Å²) in [6, 6.07) is 9.62. The maximum absolute atomic E-state index is 12.8. The molecule has 0 aliphatic rings. The molecule has 1 aromatic carbocycles. The van der Waals surface area contributed by atoms with Crippen molar-refractivity contribution < 1.29 is 12.8 Å². The van der Waals surface area contributed by atoms with Crippen molar-refractivity contribution in [1.82, 2.24) is 4.98 Å². The second kappa shape index (κ2) is 5.25. The van der Waals surface area contributed by atoms with E-state index in [-0.39, 0.29) is 10.0 Å². The van der Waals surface area contributed by atoms with Gasteiger partial charge in [-0.1, -0.05) is 29.8 Å². The van der Waals surface area contributed by atoms with E-state index in [1.54, 1.807) is 30.3 Å². The highest BCUT2D eigenvalue weighted by molar-refractivity contribution is 7.80. The number of aromatic nitrogens is 1. The molecule has 1 aromatic heterocycles. The first kappa shape index (κ1) is 12.0. The molecule has 0 saturated heterocycles. The summed E-state index contributed by atoms with van der Waals surface area (Å²) in [5.74, 6) is -0.163. The Morgan fingerprint density at radius 1 is 1.29 bits per heavy atom. The van der Waals surface area contributed by atoms with Gasteiger partial charge < -0.3 is 4.18 Å². The lowest BCUT2D eigenvalue weighted by molar-refractivity contribution is 0.556. The maximum Gasteiger partial charge on any atom is 0.261 e. The van der Waals surface area contributed by atoms with Crippen LogP contribution in [-0.4, -0.2) is 9.19 Å². The molecule has 0 aliphatic carbocycles. The summed E-state index contributed by atoms with van der Waals surface area (Å²) in [4.78, 5) is 3.64. The Morgan fingerprint density at radius 3 is 2.65 bits per heavy atom. The summed E-state index contributed by atoms with van der Waals surface area (Å²) in [5.41, 5.74) is 0. The largest absolute Gasteiger partial charge is 0.396 e. The molecule has 88 valence electrons. The zero-order valence-electron chi connectivity index (χ0n) is 8.47. The molecule has 0 bridgehead atoms. The van der Waals surface area contributed by atoms with Crippen molar-refractivity contribution in [3.8, 4) is 5.75 Å². The van der Waals surface area contributed by atoms with Crippen molar-refractivity contribution in [2.75, 3.05) is 0 Å². The van der Waals surface area contributed by atoms with Crippen LogP contribution in [0.25, 0.3) is 0 Å². The van der Waals surface area contributed by atoms with E-state index < -0.39 is 16.9 Å². The molecular formula is C11H7ClFNO2S. The van der Waals surface area contributed by atoms with Crippen LogP contribution < -0.4 is 4.18 Å². The van der Waals surface area contributed by atoms with Crippen molar-refractivity contribution in [2.45, 2.75) is 5.03 Å². The minimum absolute atomic E-state index is 0.00285. The monoisotopic (exact) mass is 271 g/mol. The summed E-state index contributed by atoms with van der Waals surface area (Å²) in [7, 11) is 0. The van der Waals surface area contributed by atoms with E-state index in [9.17, 15) is 8.60 Å². The molecule has 1 atom stereocenters. The molecule has 0 radical (unpaired) electrons. The van der Waals surface area contributed by atoms with Gasteiger partial charge in [0.05, 0.1) is 11.2 Å². The molecule has 3 nitrogen and oxygen atoms in total. The van der Waals surface area contributed by atoms with Gasteiger partial charge in [0.15, 0.2) is 5.03 Å². The van der Waals surface area contributed by atoms with Gasteiger partial charge in [-0.15, -0.1) is 0 Å². The SMILES string of the molecule is O=S(Oc1ccccc1)c1ncc(F)cc1Cl. The molecular weight excluding hydrogens is 265 g/mol. The fourth-order valence-corrected chi connectivity index (χ4v) is 2.19. The van der Waals surface area contributed by atoms with Crippen molar-refractivity contribution >= 4 is 22.7 Å². The molecule has 2 aromatic rings. The van der Waals surface area contributed by atoms with Crippen LogP contribution in [0.5, 0.6) is 5.75 Å². The molecule has 0 N–H and O–H groups in total. The number of para-hydroxylation sites is 1. The zero-order chi connectivity index (χ0) is 12.3. The Balaban J connectivity index is 2.21. The number of pyridine rings is 1. The third kappa shape index (κ3) is 3.01. The molecule has 2 rings (SSSR count). The van der Waals surface area contributed by atoms with E-state index >= 15 is 0 Å². The quantitative estimate of drug-likeness (QED) is 0.861. The van der Waals surface area contributed by atoms with E-state index in [4.69, 9.17) is 15.8 Å². The second-order valence-corrected chi connectivity index (χ2v) is 4.50. The Kier molecular flexibility index (Phi) is 3.71. The highest BCUT2D eigenvalue weighted by atomic mass is 35.5. The third-order valence-corrected chi connectivity index (χ3v) is 3.23. The van der Waals surface area contributed by atoms with Crippen LogP contribution >= 0.6 is 11.6 Å². The molecule has 17 heavy (non-hydrogen) atoms. The molecule has 0 spiro atoms. The van der Waals surface area contributed by atoms with Gasteiger partial charge in [0.2, 0.25) is 0 Å². The molecule has 0 aliphatic heterocycles. The lowest BCUT2D eigenvalue weighted by Crippen LogP contribution is -2.04. The van der Waals surface area contributed by atoms with Gasteiger partial charge in [0, 0.05) is 0 Å². The van der Waals surface area contributed by atoms with Crippen molar-refractivity contribution in [3.05, 3.63) is 53.4 Å². The second-order valence-electron chi connectivity index (χ2n) is 3.07. The van der Waals surface area contributed by atoms with Gasteiger partial charge in [-0.05, 0) is 18.2 Å². The highest BCUT2D eigenvalue weighted by Crippen LogP contribution is 2.20. The molecule has 1 heterocycles. The first-order valence-electron chi connectivity index (χ1n) is 4.63. The summed E-state index contributed by atoms with van der Waals surface area (Å²) in [6.07, 6.45) is 0.938. The van der Waals surface area contributed by atoms with Crippen LogP contribution in [0.2, 0.25) is 5.02 Å². The lowest BCUT2D eigenvalue weighted by Gasteiger charge is -2.04. The molecule has 0 amide bonds. The number of hydrogen-bond acceptors (Lipinski definition) is 3. The Labute approximate surface area is 105 Å². The Morgan fingerprint density at radius 2 is 2.00 bits per heavy atom. The summed E-state index contributed by atoms with van der Waals surface area (Å²) < 4.78 is 29.6. The minimum Gasteiger partial charge on any atom is -0.396 e. The molecule has 0 fully saturated rings. The number of rotatable bonds is 3. The summed E-state index contributed by atoms with van der Waals surface area (Å²) >= 11 is 3.85. The van der Waals surface area contributed by atoms with Crippen LogP contribution in [0.1, 0.15) is 0 Å². The van der Waals surface area contributed by atoms with E-state index in [1.807, 2.05) is 0 Å². The van der Waals surface area contributed by atoms with E-state index in [0.717, 1.165) is 12.3 Å². The molecule has 1 unspecified atom stereocenters. The van der Waals surface area contributed by atoms with Crippen LogP contribution in [0.3, 0.4) is 0 Å². The van der Waals surface area contributed by atoms with Crippen molar-refractivity contribution in [3.63, 3.8) is 0 Å². The van der Waals surface area contributed by atoms with E-state index in [1.165, 1.54) is 0 Å². The van der Waals surface area contributed by atoms with Gasteiger partial charge in [-0.3, -0.25) is 0 Å². The lowest BCUT2D eigenvalue weighted by atomic mass is 10.3. The van der Waals surface area contributed by atoms with E-state index in [0.29, 0.717) is 5.75 Å². The summed E-state index contributed by atoms with van der Waals surface area (Å²) in [5, 5.41) is -0.0313. The standard InChI is InChI=1S/C11H7ClFNO2S/c12-10-6-8(13)7-14-11(10)17(15)16-9-4-2-1-3-5-9/h1-7H. The van der Waals surface area contributed by atoms with E-state index in [2.05, 4.69) is 4.98 Å². The number of benzene rings is 1. The molecule has 0 saturated carbocycles. The highest BCUT2D eigenvalue weighted by Gasteiger charge is 2.13. The smallest absolute Gasteiger partial charge is 0.261 e. The van der Waals surface area contributed by atoms with Crippen LogP contribution in [0.4, 0.5) is 4.39 Å². The van der Waals surface area contributed by atoms with Gasteiger partial charge in [-0.2, -0.15) is 0 Å². The van der Waals surface area contributed by atoms with Crippen LogP contribution in [0, 0.1) is 5.82 Å². The summed E-state index contributed by atoms with van der Waals surface area (Å²) in [6.45, 7) is 0. The van der Waals surface area contributed by atoms with Gasteiger partial charge in [0.25, 0.3) is 11.1 Å². The van der Waals surface area contributed by atoms with Gasteiger partial charge in [-0.25, -0.2) is 13.6 Å². The Hall–Kier alpha value is -1.46. The normalized spacial score (nSPS) is 12.1. The first-order valence-corrected chi connectivity index (χ1v) is 6.08. The van der Waals surface area contributed by atoms with Crippen molar-refractivity contribution in [1.29, 1.82) is 0 Å². The average molecular weight is 272 g/mol. The van der Waals surface area contributed by atoms with Gasteiger partial charge >= 0.3 is 0 Å². The number of nitrogens with zero attached hydrogens (tertiary/aromatic N) is 1. The fourth-order valence-electron chi connectivity index (χ4n) is 1.13. The van der Waals surface area contributed by atoms with Crippen molar-refractivity contribution in [2.24, 2.45) is 0 Å². The first-order chi connectivity index (χ1) is 8.16. The predicted molar refractivity (Wildman–Crippen MR) is 62.7 cm³/mol. The van der Waals surface area contributed by atoms with Crippen LogP contribution in [-0.2, 0) is 11.1 Å². The topological polar surface area (TPSA) is 39.2 Å². The number of halogens is 2. The predicted octanol–water partition coefficient (Wildman–Crippen LogP) is 2.98. The minimum atomic E-state index is -1.86.